The summed E-state index contributed by atoms with van der Waals surface area (Å²) in [6.45, 7) is 11.6. The molecular weight excluding hydrogens is 661 g/mol. The summed E-state index contributed by atoms with van der Waals surface area (Å²) >= 11 is 0. The van der Waals surface area contributed by atoms with E-state index in [-0.39, 0.29) is 12.6 Å². The highest BCUT2D eigenvalue weighted by Gasteiger charge is 2.26. The Morgan fingerprint density at radius 3 is 1.18 bits per heavy atom. The average molecular weight is 748 g/mol. The summed E-state index contributed by atoms with van der Waals surface area (Å²) < 4.78 is 35.8. The molecule has 0 spiro atoms. The molecular formula is C42H86NO7P. The van der Waals surface area contributed by atoms with Crippen LogP contribution in [-0.4, -0.2) is 68.6 Å². The lowest BCUT2D eigenvalue weighted by Crippen LogP contribution is -2.29. The Hall–Kier alpha value is -0.500. The smallest absolute Gasteiger partial charge is 0.466 e. The van der Waals surface area contributed by atoms with Crippen molar-refractivity contribution in [2.24, 2.45) is 0 Å². The average Bonchev–Trinajstić information content (AvgIpc) is 3.12. The zero-order chi connectivity index (χ0) is 37.4. The number of ether oxygens (including phenoxy) is 1. The summed E-state index contributed by atoms with van der Waals surface area (Å²) in [6.07, 6.45) is 33.7. The van der Waals surface area contributed by atoms with Crippen LogP contribution >= 0.6 is 7.82 Å². The third-order valence-corrected chi connectivity index (χ3v) is 11.1. The molecule has 0 amide bonds. The van der Waals surface area contributed by atoms with Crippen LogP contribution in [0.15, 0.2) is 0 Å². The number of hydrogen-bond donors (Lipinski definition) is 1. The molecule has 9 heteroatoms. The molecule has 0 aliphatic heterocycles. The van der Waals surface area contributed by atoms with Crippen LogP contribution in [0.25, 0.3) is 0 Å². The molecule has 0 aromatic heterocycles. The Morgan fingerprint density at radius 2 is 0.784 bits per heavy atom. The molecule has 0 fully saturated rings. The number of phosphoric acid groups is 1. The molecule has 0 aliphatic carbocycles. The number of phosphoric ester groups is 1. The Bertz CT molecular complexity index is 757. The summed E-state index contributed by atoms with van der Waals surface area (Å²) in [5.74, 6) is -0.0353. The van der Waals surface area contributed by atoms with Gasteiger partial charge in [0.05, 0.1) is 33.0 Å². The fourth-order valence-corrected chi connectivity index (χ4v) is 7.58. The van der Waals surface area contributed by atoms with E-state index in [4.69, 9.17) is 18.3 Å². The van der Waals surface area contributed by atoms with Gasteiger partial charge < -0.3 is 14.7 Å². The number of aliphatic hydroxyl groups is 1. The number of carbonyl (C=O) groups is 1. The molecule has 306 valence electrons. The third-order valence-electron chi connectivity index (χ3n) is 9.65. The number of carbonyl (C=O) groups excluding carboxylic acids is 1. The van der Waals surface area contributed by atoms with Crippen LogP contribution < -0.4 is 0 Å². The summed E-state index contributed by atoms with van der Waals surface area (Å²) in [7, 11) is -3.49. The van der Waals surface area contributed by atoms with Crippen molar-refractivity contribution in [1.82, 2.24) is 4.90 Å². The van der Waals surface area contributed by atoms with E-state index in [0.717, 1.165) is 103 Å². The lowest BCUT2D eigenvalue weighted by atomic mass is 10.1. The quantitative estimate of drug-likeness (QED) is 0.0374. The van der Waals surface area contributed by atoms with E-state index in [0.29, 0.717) is 32.8 Å². The molecule has 0 saturated heterocycles. The van der Waals surface area contributed by atoms with Gasteiger partial charge in [0.25, 0.3) is 0 Å². The first kappa shape index (κ1) is 50.5. The standard InChI is InChI=1S/C42H86NO7P/c1-4-7-10-13-23-29-38-47-42(45)33-26-19-18-21-28-35-43(36-37-44)34-27-20-16-15-17-25-32-41-50-51(46,48-39-30-22-12-9-6-3)49-40-31-24-14-11-8-5-2/h44H,4-41H2,1-3H3. The fraction of sp³-hybridized carbons (Fsp3) is 0.976. The minimum absolute atomic E-state index is 0.0353. The van der Waals surface area contributed by atoms with Crippen LogP contribution in [0.4, 0.5) is 0 Å². The van der Waals surface area contributed by atoms with Crippen LogP contribution in [0, 0.1) is 0 Å². The molecule has 0 aliphatic rings. The maximum atomic E-state index is 13.3. The van der Waals surface area contributed by atoms with Crippen molar-refractivity contribution in [2.75, 3.05) is 52.7 Å². The lowest BCUT2D eigenvalue weighted by Gasteiger charge is -2.21. The molecule has 1 atom stereocenters. The van der Waals surface area contributed by atoms with E-state index in [1.165, 1.54) is 103 Å². The molecule has 1 N–H and O–H groups in total. The molecule has 51 heavy (non-hydrogen) atoms. The van der Waals surface area contributed by atoms with Gasteiger partial charge in [0.15, 0.2) is 0 Å². The van der Waals surface area contributed by atoms with E-state index in [9.17, 15) is 14.5 Å². The van der Waals surface area contributed by atoms with Gasteiger partial charge in [0, 0.05) is 13.0 Å². The largest absolute Gasteiger partial charge is 0.474 e. The third kappa shape index (κ3) is 37.6. The van der Waals surface area contributed by atoms with Crippen molar-refractivity contribution in [3.63, 3.8) is 0 Å². The lowest BCUT2D eigenvalue weighted by molar-refractivity contribution is -0.143. The number of nitrogens with zero attached hydrogens (tertiary/aromatic N) is 1. The zero-order valence-electron chi connectivity index (χ0n) is 34.2. The molecule has 0 bridgehead atoms. The predicted octanol–water partition coefficient (Wildman–Crippen LogP) is 12.7. The van der Waals surface area contributed by atoms with Gasteiger partial charge in [-0.3, -0.25) is 18.4 Å². The van der Waals surface area contributed by atoms with Gasteiger partial charge in [-0.15, -0.1) is 0 Å². The minimum Gasteiger partial charge on any atom is -0.466 e. The van der Waals surface area contributed by atoms with Gasteiger partial charge in [0.1, 0.15) is 0 Å². The van der Waals surface area contributed by atoms with Gasteiger partial charge >= 0.3 is 13.8 Å². The van der Waals surface area contributed by atoms with E-state index in [2.05, 4.69) is 25.7 Å². The highest BCUT2D eigenvalue weighted by atomic mass is 31.2. The van der Waals surface area contributed by atoms with Crippen LogP contribution in [-0.2, 0) is 27.7 Å². The molecule has 1 unspecified atom stereocenters. The van der Waals surface area contributed by atoms with Gasteiger partial charge in [-0.05, 0) is 58.0 Å². The maximum Gasteiger partial charge on any atom is 0.474 e. The molecule has 8 nitrogen and oxygen atoms in total. The number of esters is 1. The minimum atomic E-state index is -3.49. The van der Waals surface area contributed by atoms with Crippen LogP contribution in [0.1, 0.15) is 213 Å². The Labute approximate surface area is 316 Å². The first-order valence-electron chi connectivity index (χ1n) is 22.0. The number of aliphatic hydroxyl groups excluding tert-OH is 1. The second-order valence-electron chi connectivity index (χ2n) is 14.7. The predicted molar refractivity (Wildman–Crippen MR) is 215 cm³/mol. The topological polar surface area (TPSA) is 94.5 Å². The Morgan fingerprint density at radius 1 is 0.451 bits per heavy atom. The van der Waals surface area contributed by atoms with Crippen LogP contribution in [0.3, 0.4) is 0 Å². The molecule has 0 heterocycles. The summed E-state index contributed by atoms with van der Waals surface area (Å²) in [4.78, 5) is 14.3. The van der Waals surface area contributed by atoms with E-state index in [1.54, 1.807) is 0 Å². The number of unbranched alkanes of at least 4 members (excludes halogenated alkanes) is 24. The first-order valence-corrected chi connectivity index (χ1v) is 23.5. The Kier molecular flexibility index (Phi) is 40.3. The summed E-state index contributed by atoms with van der Waals surface area (Å²) in [5.41, 5.74) is 0. The van der Waals surface area contributed by atoms with E-state index in [1.807, 2.05) is 0 Å². The van der Waals surface area contributed by atoms with E-state index >= 15 is 0 Å². The van der Waals surface area contributed by atoms with Gasteiger partial charge in [-0.1, -0.05) is 162 Å². The summed E-state index contributed by atoms with van der Waals surface area (Å²) in [5, 5.41) is 9.52. The highest BCUT2D eigenvalue weighted by Crippen LogP contribution is 2.50. The van der Waals surface area contributed by atoms with Crippen molar-refractivity contribution < 1.29 is 32.8 Å². The SMILES string of the molecule is CCCCCCCCOC(=O)CCCCCCCN(CCO)CCCCCCCCCOP(=O)(OCCCCCCC)OCCCCCCCC. The monoisotopic (exact) mass is 748 g/mol. The van der Waals surface area contributed by atoms with Crippen LogP contribution in [0.5, 0.6) is 0 Å². The highest BCUT2D eigenvalue weighted by molar-refractivity contribution is 7.48. The van der Waals surface area contributed by atoms with Gasteiger partial charge in [0.2, 0.25) is 0 Å². The molecule has 0 aromatic rings. The molecule has 0 aromatic carbocycles. The van der Waals surface area contributed by atoms with Crippen molar-refractivity contribution in [1.29, 1.82) is 0 Å². The van der Waals surface area contributed by atoms with Crippen molar-refractivity contribution in [2.45, 2.75) is 213 Å². The zero-order valence-corrected chi connectivity index (χ0v) is 35.1. The van der Waals surface area contributed by atoms with E-state index < -0.39 is 7.82 Å². The second kappa shape index (κ2) is 40.7. The summed E-state index contributed by atoms with van der Waals surface area (Å²) in [6, 6.07) is 0. The first-order chi connectivity index (χ1) is 25.0. The van der Waals surface area contributed by atoms with Crippen molar-refractivity contribution in [3.05, 3.63) is 0 Å². The van der Waals surface area contributed by atoms with Crippen molar-refractivity contribution >= 4 is 13.8 Å². The fourth-order valence-electron chi connectivity index (χ4n) is 6.30. The molecule has 0 rings (SSSR count). The van der Waals surface area contributed by atoms with Gasteiger partial charge in [-0.25, -0.2) is 4.57 Å². The second-order valence-corrected chi connectivity index (χ2v) is 16.3. The van der Waals surface area contributed by atoms with Crippen LogP contribution in [0.2, 0.25) is 0 Å². The molecule has 0 saturated carbocycles. The number of rotatable bonds is 43. The normalized spacial score (nSPS) is 12.9. The Balaban J connectivity index is 3.94. The molecule has 0 radical (unpaired) electrons. The van der Waals surface area contributed by atoms with Crippen molar-refractivity contribution in [3.8, 4) is 0 Å². The maximum absolute atomic E-state index is 13.3. The van der Waals surface area contributed by atoms with Gasteiger partial charge in [-0.2, -0.15) is 0 Å². The number of hydrogen-bond acceptors (Lipinski definition) is 8.